The molecule has 1 N–H and O–H groups in total. The fourth-order valence-corrected chi connectivity index (χ4v) is 4.27. The molecule has 0 fully saturated rings. The van der Waals surface area contributed by atoms with E-state index in [9.17, 15) is 8.42 Å². The highest BCUT2D eigenvalue weighted by atomic mass is 32.2. The number of nitrogens with one attached hydrogen (secondary N) is 1. The third-order valence-electron chi connectivity index (χ3n) is 4.49. The van der Waals surface area contributed by atoms with Crippen molar-refractivity contribution in [2.75, 3.05) is 7.11 Å². The van der Waals surface area contributed by atoms with E-state index in [1.165, 1.54) is 0 Å². The van der Waals surface area contributed by atoms with Crippen LogP contribution in [-0.4, -0.2) is 15.5 Å². The SMILES string of the molecule is COc1ccc(S(=O)(=O)NC(c2ccccc2)c2ccc(C)cc2)cc1C. The predicted molar refractivity (Wildman–Crippen MR) is 108 cm³/mol. The highest BCUT2D eigenvalue weighted by Crippen LogP contribution is 2.27. The van der Waals surface area contributed by atoms with E-state index >= 15 is 0 Å². The molecule has 4 nitrogen and oxygen atoms in total. The van der Waals surface area contributed by atoms with Crippen molar-refractivity contribution in [3.8, 4) is 5.75 Å². The number of hydrogen-bond donors (Lipinski definition) is 1. The summed E-state index contributed by atoms with van der Waals surface area (Å²) in [5.74, 6) is 0.659. The van der Waals surface area contributed by atoms with Crippen LogP contribution in [0.2, 0.25) is 0 Å². The minimum absolute atomic E-state index is 0.217. The predicted octanol–water partition coefficient (Wildman–Crippen LogP) is 4.38. The zero-order valence-electron chi connectivity index (χ0n) is 15.6. The molecule has 1 unspecified atom stereocenters. The molecule has 5 heteroatoms. The van der Waals surface area contributed by atoms with Gasteiger partial charge in [-0.2, -0.15) is 4.72 Å². The lowest BCUT2D eigenvalue weighted by Gasteiger charge is -2.20. The summed E-state index contributed by atoms with van der Waals surface area (Å²) >= 11 is 0. The topological polar surface area (TPSA) is 55.4 Å². The quantitative estimate of drug-likeness (QED) is 0.689. The fraction of sp³-hybridized carbons (Fsp3) is 0.182. The van der Waals surface area contributed by atoms with Gasteiger partial charge < -0.3 is 4.74 Å². The van der Waals surface area contributed by atoms with Gasteiger partial charge in [-0.3, -0.25) is 0 Å². The summed E-state index contributed by atoms with van der Waals surface area (Å²) in [4.78, 5) is 0.217. The Hall–Kier alpha value is -2.63. The zero-order chi connectivity index (χ0) is 19.4. The largest absolute Gasteiger partial charge is 0.496 e. The molecule has 0 aromatic heterocycles. The highest BCUT2D eigenvalue weighted by molar-refractivity contribution is 7.89. The Bertz CT molecular complexity index is 1010. The number of sulfonamides is 1. The van der Waals surface area contributed by atoms with Gasteiger partial charge >= 0.3 is 0 Å². The van der Waals surface area contributed by atoms with Crippen LogP contribution < -0.4 is 9.46 Å². The van der Waals surface area contributed by atoms with Crippen LogP contribution in [0.4, 0.5) is 0 Å². The first-order valence-electron chi connectivity index (χ1n) is 8.69. The highest BCUT2D eigenvalue weighted by Gasteiger charge is 2.23. The Kier molecular flexibility index (Phi) is 5.63. The Morgan fingerprint density at radius 3 is 2.07 bits per heavy atom. The van der Waals surface area contributed by atoms with Gasteiger partial charge in [0.2, 0.25) is 10.0 Å². The van der Waals surface area contributed by atoms with Gasteiger partial charge in [-0.15, -0.1) is 0 Å². The summed E-state index contributed by atoms with van der Waals surface area (Å²) < 4.78 is 34.2. The number of benzene rings is 3. The van der Waals surface area contributed by atoms with E-state index in [1.807, 2.05) is 68.4 Å². The van der Waals surface area contributed by atoms with Crippen LogP contribution in [0.15, 0.2) is 77.7 Å². The molecule has 140 valence electrons. The maximum absolute atomic E-state index is 13.1. The molecule has 3 aromatic rings. The van der Waals surface area contributed by atoms with Crippen molar-refractivity contribution < 1.29 is 13.2 Å². The van der Waals surface area contributed by atoms with Gasteiger partial charge in [0, 0.05) is 0 Å². The first kappa shape index (κ1) is 19.1. The third-order valence-corrected chi connectivity index (χ3v) is 5.91. The molecular weight excluding hydrogens is 358 g/mol. The van der Waals surface area contributed by atoms with Crippen molar-refractivity contribution in [3.63, 3.8) is 0 Å². The van der Waals surface area contributed by atoms with Crippen LogP contribution in [0, 0.1) is 13.8 Å². The van der Waals surface area contributed by atoms with E-state index in [0.717, 1.165) is 22.3 Å². The number of ether oxygens (including phenoxy) is 1. The van der Waals surface area contributed by atoms with Crippen LogP contribution in [-0.2, 0) is 10.0 Å². The summed E-state index contributed by atoms with van der Waals surface area (Å²) in [6.07, 6.45) is 0. The fourth-order valence-electron chi connectivity index (χ4n) is 2.97. The molecule has 0 heterocycles. The second-order valence-electron chi connectivity index (χ2n) is 6.51. The summed E-state index contributed by atoms with van der Waals surface area (Å²) in [6.45, 7) is 3.83. The summed E-state index contributed by atoms with van der Waals surface area (Å²) in [6, 6.07) is 21.8. The lowest BCUT2D eigenvalue weighted by molar-refractivity contribution is 0.411. The van der Waals surface area contributed by atoms with Crippen LogP contribution in [0.5, 0.6) is 5.75 Å². The average Bonchev–Trinajstić information content (AvgIpc) is 2.67. The molecule has 3 aromatic carbocycles. The standard InChI is InChI=1S/C22H23NO3S/c1-16-9-11-19(12-10-16)22(18-7-5-4-6-8-18)23-27(24,25)20-13-14-21(26-3)17(2)15-20/h4-15,22-23H,1-3H3. The van der Waals surface area contributed by atoms with Gasteiger partial charge in [-0.05, 0) is 48.7 Å². The molecular formula is C22H23NO3S. The Balaban J connectivity index is 2.00. The van der Waals surface area contributed by atoms with E-state index in [0.29, 0.717) is 5.75 Å². The molecule has 1 atom stereocenters. The van der Waals surface area contributed by atoms with Crippen LogP contribution >= 0.6 is 0 Å². The average molecular weight is 381 g/mol. The van der Waals surface area contributed by atoms with Gasteiger partial charge in [-0.25, -0.2) is 8.42 Å². The number of hydrogen-bond acceptors (Lipinski definition) is 3. The second kappa shape index (κ2) is 7.94. The van der Waals surface area contributed by atoms with Gasteiger partial charge in [0.05, 0.1) is 18.0 Å². The molecule has 0 aliphatic rings. The van der Waals surface area contributed by atoms with Gasteiger partial charge in [-0.1, -0.05) is 60.2 Å². The molecule has 0 saturated heterocycles. The van der Waals surface area contributed by atoms with E-state index in [2.05, 4.69) is 4.72 Å². The lowest BCUT2D eigenvalue weighted by Crippen LogP contribution is -2.29. The summed E-state index contributed by atoms with van der Waals surface area (Å²) in [5, 5.41) is 0. The Labute approximate surface area is 160 Å². The van der Waals surface area contributed by atoms with Crippen molar-refractivity contribution in [1.82, 2.24) is 4.72 Å². The van der Waals surface area contributed by atoms with Crippen LogP contribution in [0.25, 0.3) is 0 Å². The van der Waals surface area contributed by atoms with Crippen molar-refractivity contribution in [2.45, 2.75) is 24.8 Å². The van der Waals surface area contributed by atoms with Crippen molar-refractivity contribution in [2.24, 2.45) is 0 Å². The third kappa shape index (κ3) is 4.38. The first-order valence-corrected chi connectivity index (χ1v) is 10.2. The number of rotatable bonds is 6. The summed E-state index contributed by atoms with van der Waals surface area (Å²) in [5.41, 5.74) is 3.67. The molecule has 27 heavy (non-hydrogen) atoms. The van der Waals surface area contributed by atoms with Gasteiger partial charge in [0.1, 0.15) is 5.75 Å². The van der Waals surface area contributed by atoms with Crippen LogP contribution in [0.3, 0.4) is 0 Å². The molecule has 0 radical (unpaired) electrons. The van der Waals surface area contributed by atoms with E-state index in [1.54, 1.807) is 25.3 Å². The minimum Gasteiger partial charge on any atom is -0.496 e. The minimum atomic E-state index is -3.72. The first-order chi connectivity index (χ1) is 12.9. The Morgan fingerprint density at radius 2 is 1.48 bits per heavy atom. The Morgan fingerprint density at radius 1 is 0.852 bits per heavy atom. The van der Waals surface area contributed by atoms with E-state index < -0.39 is 16.1 Å². The number of aryl methyl sites for hydroxylation is 2. The van der Waals surface area contributed by atoms with Gasteiger partial charge in [0.15, 0.2) is 0 Å². The monoisotopic (exact) mass is 381 g/mol. The molecule has 0 aliphatic heterocycles. The maximum atomic E-state index is 13.1. The van der Waals surface area contributed by atoms with E-state index in [4.69, 9.17) is 4.74 Å². The van der Waals surface area contributed by atoms with Gasteiger partial charge in [0.25, 0.3) is 0 Å². The molecule has 3 rings (SSSR count). The van der Waals surface area contributed by atoms with Crippen molar-refractivity contribution >= 4 is 10.0 Å². The second-order valence-corrected chi connectivity index (χ2v) is 8.22. The smallest absolute Gasteiger partial charge is 0.241 e. The molecule has 0 bridgehead atoms. The molecule has 0 spiro atoms. The normalized spacial score (nSPS) is 12.6. The summed E-state index contributed by atoms with van der Waals surface area (Å²) in [7, 11) is -2.15. The lowest BCUT2D eigenvalue weighted by atomic mass is 9.99. The number of methoxy groups -OCH3 is 1. The van der Waals surface area contributed by atoms with Crippen molar-refractivity contribution in [3.05, 3.63) is 95.1 Å². The molecule has 0 aliphatic carbocycles. The zero-order valence-corrected chi connectivity index (χ0v) is 16.5. The van der Waals surface area contributed by atoms with Crippen LogP contribution in [0.1, 0.15) is 28.3 Å². The maximum Gasteiger partial charge on any atom is 0.241 e. The molecule has 0 amide bonds. The molecule has 0 saturated carbocycles. The van der Waals surface area contributed by atoms with E-state index in [-0.39, 0.29) is 4.90 Å². The van der Waals surface area contributed by atoms with Crippen molar-refractivity contribution in [1.29, 1.82) is 0 Å².